The fraction of sp³-hybridized carbons (Fsp3) is 0.286. The van der Waals surface area contributed by atoms with Gasteiger partial charge in [0.25, 0.3) is 0 Å². The Morgan fingerprint density at radius 3 is 2.85 bits per heavy atom. The molecule has 0 saturated heterocycles. The summed E-state index contributed by atoms with van der Waals surface area (Å²) in [4.78, 5) is 19.0. The van der Waals surface area contributed by atoms with Crippen LogP contribution in [0.2, 0.25) is 0 Å². The Bertz CT molecular complexity index is 674. The van der Waals surface area contributed by atoms with Crippen LogP contribution in [0, 0.1) is 0 Å². The average Bonchev–Trinajstić information content (AvgIpc) is 3.06. The van der Waals surface area contributed by atoms with Gasteiger partial charge in [-0.2, -0.15) is 11.3 Å². The molecule has 1 aliphatic heterocycles. The Morgan fingerprint density at radius 1 is 1.40 bits per heavy atom. The quantitative estimate of drug-likeness (QED) is 0.927. The molecule has 1 atom stereocenters. The lowest BCUT2D eigenvalue weighted by atomic mass is 9.93. The molecule has 0 spiro atoms. The Morgan fingerprint density at radius 2 is 2.20 bits per heavy atom. The smallest absolute Gasteiger partial charge is 0.231 e. The molecule has 6 heteroatoms. The van der Waals surface area contributed by atoms with E-state index >= 15 is 0 Å². The number of nitrogens with zero attached hydrogens (tertiary/aromatic N) is 2. The summed E-state index contributed by atoms with van der Waals surface area (Å²) < 4.78 is 0. The van der Waals surface area contributed by atoms with Crippen LogP contribution in [0.4, 0.5) is 0 Å². The fourth-order valence-electron chi connectivity index (χ4n) is 2.25. The van der Waals surface area contributed by atoms with Gasteiger partial charge in [-0.15, -0.1) is 11.3 Å². The van der Waals surface area contributed by atoms with Crippen molar-refractivity contribution in [1.82, 2.24) is 4.90 Å². The van der Waals surface area contributed by atoms with Gasteiger partial charge in [-0.05, 0) is 46.3 Å². The summed E-state index contributed by atoms with van der Waals surface area (Å²) in [5, 5.41) is 6.28. The highest BCUT2D eigenvalue weighted by molar-refractivity contribution is 7.10. The van der Waals surface area contributed by atoms with Crippen LogP contribution < -0.4 is 5.73 Å². The van der Waals surface area contributed by atoms with Gasteiger partial charge >= 0.3 is 0 Å². The molecule has 4 nitrogen and oxygen atoms in total. The van der Waals surface area contributed by atoms with Gasteiger partial charge in [0, 0.05) is 11.9 Å². The molecule has 0 bridgehead atoms. The van der Waals surface area contributed by atoms with E-state index in [0.29, 0.717) is 6.42 Å². The van der Waals surface area contributed by atoms with Crippen LogP contribution in [0.1, 0.15) is 18.2 Å². The number of rotatable bonds is 2. The van der Waals surface area contributed by atoms with E-state index in [2.05, 4.69) is 33.3 Å². The van der Waals surface area contributed by atoms with Gasteiger partial charge in [0.15, 0.2) is 5.96 Å². The van der Waals surface area contributed by atoms with Crippen LogP contribution in [0.15, 0.2) is 33.3 Å². The summed E-state index contributed by atoms with van der Waals surface area (Å²) in [6.45, 7) is 1.97. The lowest BCUT2D eigenvalue weighted by Gasteiger charge is -2.32. The third-order valence-electron chi connectivity index (χ3n) is 3.56. The maximum Gasteiger partial charge on any atom is 0.231 e. The molecule has 3 rings (SSSR count). The number of carbonyl (C=O) groups is 1. The molecule has 20 heavy (non-hydrogen) atoms. The van der Waals surface area contributed by atoms with Crippen molar-refractivity contribution in [2.45, 2.75) is 18.9 Å². The molecule has 1 amide bonds. The zero-order valence-electron chi connectivity index (χ0n) is 11.3. The van der Waals surface area contributed by atoms with Crippen molar-refractivity contribution in [3.8, 4) is 11.1 Å². The first-order valence-electron chi connectivity index (χ1n) is 6.23. The Balaban J connectivity index is 1.99. The molecular weight excluding hydrogens is 290 g/mol. The summed E-state index contributed by atoms with van der Waals surface area (Å²) in [5.74, 6) is 0.291. The monoisotopic (exact) mass is 305 g/mol. The van der Waals surface area contributed by atoms with E-state index in [1.807, 2.05) is 6.92 Å². The van der Waals surface area contributed by atoms with Gasteiger partial charge < -0.3 is 5.73 Å². The van der Waals surface area contributed by atoms with Crippen LogP contribution in [0.5, 0.6) is 0 Å². The van der Waals surface area contributed by atoms with E-state index in [1.54, 1.807) is 29.7 Å². The molecule has 0 saturated carbocycles. The number of hydrogen-bond acceptors (Lipinski definition) is 5. The standard InChI is InChI=1S/C14H15N3OS2/c1-14(6-12(18)17(2)13(15)16-14)11-5-10(8-20-11)9-3-4-19-7-9/h3-5,7-8H,6H2,1-2H3,(H2,15,16)/t14-/m0/s1. The van der Waals surface area contributed by atoms with E-state index in [4.69, 9.17) is 5.73 Å². The minimum absolute atomic E-state index is 0.00508. The second-order valence-corrected chi connectivity index (χ2v) is 6.78. The van der Waals surface area contributed by atoms with E-state index in [0.717, 1.165) is 4.88 Å². The maximum absolute atomic E-state index is 12.0. The Kier molecular flexibility index (Phi) is 3.14. The third-order valence-corrected chi connectivity index (χ3v) is 5.43. The van der Waals surface area contributed by atoms with Gasteiger partial charge in [-0.3, -0.25) is 9.69 Å². The lowest BCUT2D eigenvalue weighted by Crippen LogP contribution is -2.47. The van der Waals surface area contributed by atoms with Crippen LogP contribution in [0.25, 0.3) is 11.1 Å². The highest BCUT2D eigenvalue weighted by Crippen LogP contribution is 2.39. The number of hydrogen-bond donors (Lipinski definition) is 1. The molecule has 0 aromatic carbocycles. The van der Waals surface area contributed by atoms with Gasteiger partial charge in [-0.1, -0.05) is 0 Å². The van der Waals surface area contributed by atoms with Crippen LogP contribution in [-0.4, -0.2) is 23.8 Å². The number of guanidine groups is 1. The molecule has 1 aliphatic rings. The van der Waals surface area contributed by atoms with Crippen molar-refractivity contribution in [1.29, 1.82) is 0 Å². The molecule has 104 valence electrons. The van der Waals surface area contributed by atoms with Crippen molar-refractivity contribution in [2.24, 2.45) is 10.7 Å². The second kappa shape index (κ2) is 4.71. The average molecular weight is 305 g/mol. The maximum atomic E-state index is 12.0. The largest absolute Gasteiger partial charge is 0.369 e. The van der Waals surface area contributed by atoms with Crippen molar-refractivity contribution in [2.75, 3.05) is 7.05 Å². The van der Waals surface area contributed by atoms with E-state index in [9.17, 15) is 4.79 Å². The molecular formula is C14H15N3OS2. The predicted octanol–water partition coefficient (Wildman–Crippen LogP) is 2.87. The zero-order chi connectivity index (χ0) is 14.3. The topological polar surface area (TPSA) is 58.7 Å². The summed E-state index contributed by atoms with van der Waals surface area (Å²) in [5.41, 5.74) is 7.67. The minimum Gasteiger partial charge on any atom is -0.369 e. The van der Waals surface area contributed by atoms with Crippen LogP contribution in [0.3, 0.4) is 0 Å². The molecule has 0 fully saturated rings. The van der Waals surface area contributed by atoms with Gasteiger partial charge in [0.1, 0.15) is 5.54 Å². The second-order valence-electron chi connectivity index (χ2n) is 5.09. The SMILES string of the molecule is CN1C(=O)C[C@@](C)(c2cc(-c3ccsc3)cs2)N=C1N. The summed E-state index contributed by atoms with van der Waals surface area (Å²) in [6, 6.07) is 4.21. The molecule has 2 aromatic rings. The van der Waals surface area contributed by atoms with E-state index < -0.39 is 5.54 Å². The van der Waals surface area contributed by atoms with Gasteiger partial charge in [0.05, 0.1) is 6.42 Å². The van der Waals surface area contributed by atoms with Crippen LogP contribution in [-0.2, 0) is 10.3 Å². The first-order valence-corrected chi connectivity index (χ1v) is 8.05. The third kappa shape index (κ3) is 2.14. The number of nitrogens with two attached hydrogens (primary N) is 1. The number of aliphatic imine (C=N–C) groups is 1. The molecule has 0 aliphatic carbocycles. The molecule has 2 N–H and O–H groups in total. The zero-order valence-corrected chi connectivity index (χ0v) is 12.9. The Labute approximate surface area is 125 Å². The first kappa shape index (κ1) is 13.3. The van der Waals surface area contributed by atoms with Crippen molar-refractivity contribution in [3.05, 3.63) is 33.2 Å². The van der Waals surface area contributed by atoms with E-state index in [-0.39, 0.29) is 11.9 Å². The lowest BCUT2D eigenvalue weighted by molar-refractivity contribution is -0.128. The van der Waals surface area contributed by atoms with Crippen molar-refractivity contribution >= 4 is 34.5 Å². The molecule has 2 aromatic heterocycles. The highest BCUT2D eigenvalue weighted by Gasteiger charge is 2.37. The fourth-order valence-corrected chi connectivity index (χ4v) is 3.94. The van der Waals surface area contributed by atoms with E-state index in [1.165, 1.54) is 16.0 Å². The number of amides is 1. The van der Waals surface area contributed by atoms with Crippen molar-refractivity contribution in [3.63, 3.8) is 0 Å². The number of carbonyl (C=O) groups excluding carboxylic acids is 1. The molecule has 0 radical (unpaired) electrons. The van der Waals surface area contributed by atoms with Crippen LogP contribution >= 0.6 is 22.7 Å². The van der Waals surface area contributed by atoms with Gasteiger partial charge in [-0.25, -0.2) is 4.99 Å². The summed E-state index contributed by atoms with van der Waals surface area (Å²) in [6.07, 6.45) is 0.355. The predicted molar refractivity (Wildman–Crippen MR) is 84.0 cm³/mol. The molecule has 0 unspecified atom stereocenters. The summed E-state index contributed by atoms with van der Waals surface area (Å²) >= 11 is 3.31. The molecule has 3 heterocycles. The highest BCUT2D eigenvalue weighted by atomic mass is 32.1. The summed E-state index contributed by atoms with van der Waals surface area (Å²) in [7, 11) is 1.66. The normalized spacial score (nSPS) is 23.0. The van der Waals surface area contributed by atoms with Gasteiger partial charge in [0.2, 0.25) is 5.91 Å². The Hall–Kier alpha value is -1.66. The number of thiophene rings is 2. The minimum atomic E-state index is -0.549. The van der Waals surface area contributed by atoms with Crippen molar-refractivity contribution < 1.29 is 4.79 Å². The first-order chi connectivity index (χ1) is 9.49.